The summed E-state index contributed by atoms with van der Waals surface area (Å²) in [6, 6.07) is 18.1. The van der Waals surface area contributed by atoms with Gasteiger partial charge in [0.25, 0.3) is 5.91 Å². The monoisotopic (exact) mass is 389 g/mol. The molecule has 1 amide bonds. The lowest BCUT2D eigenvalue weighted by atomic mass is 9.91. The second-order valence-corrected chi connectivity index (χ2v) is 7.52. The second-order valence-electron chi connectivity index (χ2n) is 7.52. The molecule has 5 nitrogen and oxygen atoms in total. The Morgan fingerprint density at radius 2 is 1.90 bits per heavy atom. The molecule has 0 aliphatic carbocycles. The highest BCUT2D eigenvalue weighted by atomic mass is 16.5. The molecule has 0 fully saturated rings. The number of hydrogen-bond acceptors (Lipinski definition) is 3. The summed E-state index contributed by atoms with van der Waals surface area (Å²) in [7, 11) is 0. The molecule has 150 valence electrons. The van der Waals surface area contributed by atoms with E-state index >= 15 is 0 Å². The van der Waals surface area contributed by atoms with Crippen LogP contribution in [0.1, 0.15) is 54.0 Å². The van der Waals surface area contributed by atoms with Crippen molar-refractivity contribution >= 4 is 5.91 Å². The lowest BCUT2D eigenvalue weighted by Gasteiger charge is -2.24. The number of para-hydroxylation sites is 1. The van der Waals surface area contributed by atoms with E-state index in [1.165, 1.54) is 5.56 Å². The van der Waals surface area contributed by atoms with Gasteiger partial charge in [0.15, 0.2) is 0 Å². The number of imidazole rings is 1. The highest BCUT2D eigenvalue weighted by Crippen LogP contribution is 2.31. The van der Waals surface area contributed by atoms with Crippen LogP contribution < -0.4 is 10.1 Å². The molecule has 0 spiro atoms. The largest absolute Gasteiger partial charge is 0.457 e. The van der Waals surface area contributed by atoms with E-state index in [4.69, 9.17) is 4.74 Å². The average molecular weight is 389 g/mol. The molecule has 0 radical (unpaired) electrons. The predicted molar refractivity (Wildman–Crippen MR) is 113 cm³/mol. The first-order valence-corrected chi connectivity index (χ1v) is 10.4. The number of fused-ring (bicyclic) bond motifs is 1. The Balaban J connectivity index is 1.40. The summed E-state index contributed by atoms with van der Waals surface area (Å²) < 4.78 is 8.02. The summed E-state index contributed by atoms with van der Waals surface area (Å²) in [6.45, 7) is 3.67. The fourth-order valence-electron chi connectivity index (χ4n) is 3.73. The topological polar surface area (TPSA) is 56.2 Å². The third kappa shape index (κ3) is 4.67. The van der Waals surface area contributed by atoms with Crippen molar-refractivity contribution in [2.75, 3.05) is 6.54 Å². The van der Waals surface area contributed by atoms with E-state index in [9.17, 15) is 4.79 Å². The molecule has 5 heteroatoms. The Bertz CT molecular complexity index is 948. The van der Waals surface area contributed by atoms with Crippen LogP contribution in [0.4, 0.5) is 0 Å². The fraction of sp³-hybridized carbons (Fsp3) is 0.333. The van der Waals surface area contributed by atoms with E-state index in [-0.39, 0.29) is 5.91 Å². The van der Waals surface area contributed by atoms with Gasteiger partial charge in [-0.3, -0.25) is 4.79 Å². The van der Waals surface area contributed by atoms with Gasteiger partial charge in [0.05, 0.1) is 0 Å². The SMILES string of the molecule is CCCCNC(=O)c1cn2c(n1)CCC(c1ccc(Oc3ccccc3)cc1)C2. The molecule has 4 rings (SSSR count). The number of ether oxygens (including phenoxy) is 1. The minimum absolute atomic E-state index is 0.0701. The Kier molecular flexibility index (Phi) is 5.94. The van der Waals surface area contributed by atoms with E-state index in [0.29, 0.717) is 18.2 Å². The molecule has 1 aliphatic heterocycles. The van der Waals surface area contributed by atoms with Crippen LogP contribution in [0.3, 0.4) is 0 Å². The van der Waals surface area contributed by atoms with Crippen molar-refractivity contribution in [2.24, 2.45) is 0 Å². The summed E-state index contributed by atoms with van der Waals surface area (Å²) in [5, 5.41) is 2.95. The number of amides is 1. The van der Waals surface area contributed by atoms with Crippen LogP contribution in [0, 0.1) is 0 Å². The van der Waals surface area contributed by atoms with Crippen LogP contribution in [-0.2, 0) is 13.0 Å². The van der Waals surface area contributed by atoms with Crippen LogP contribution in [0.15, 0.2) is 60.8 Å². The number of carbonyl (C=O) groups excluding carboxylic acids is 1. The lowest BCUT2D eigenvalue weighted by Crippen LogP contribution is -2.24. The Hall–Kier alpha value is -3.08. The fourth-order valence-corrected chi connectivity index (χ4v) is 3.73. The molecular weight excluding hydrogens is 362 g/mol. The number of nitrogens with zero attached hydrogens (tertiary/aromatic N) is 2. The number of benzene rings is 2. The zero-order chi connectivity index (χ0) is 20.1. The quantitative estimate of drug-likeness (QED) is 0.583. The van der Waals surface area contributed by atoms with Gasteiger partial charge in [-0.1, -0.05) is 43.7 Å². The zero-order valence-electron chi connectivity index (χ0n) is 16.8. The predicted octanol–water partition coefficient (Wildman–Crippen LogP) is 4.94. The maximum atomic E-state index is 12.3. The number of aromatic nitrogens is 2. The van der Waals surface area contributed by atoms with Crippen LogP contribution in [-0.4, -0.2) is 22.0 Å². The number of hydrogen-bond donors (Lipinski definition) is 1. The smallest absolute Gasteiger partial charge is 0.271 e. The summed E-state index contributed by atoms with van der Waals surface area (Å²) in [4.78, 5) is 16.8. The molecule has 0 saturated carbocycles. The van der Waals surface area contributed by atoms with E-state index < -0.39 is 0 Å². The average Bonchev–Trinajstić information content (AvgIpc) is 3.19. The third-order valence-electron chi connectivity index (χ3n) is 5.37. The van der Waals surface area contributed by atoms with Crippen molar-refractivity contribution in [3.63, 3.8) is 0 Å². The van der Waals surface area contributed by atoms with Gasteiger partial charge in [0, 0.05) is 31.6 Å². The van der Waals surface area contributed by atoms with Crippen molar-refractivity contribution < 1.29 is 9.53 Å². The number of nitrogens with one attached hydrogen (secondary N) is 1. The summed E-state index contributed by atoms with van der Waals surface area (Å²) in [5.74, 6) is 3.03. The lowest BCUT2D eigenvalue weighted by molar-refractivity contribution is 0.0948. The molecule has 1 atom stereocenters. The highest BCUT2D eigenvalue weighted by molar-refractivity contribution is 5.92. The van der Waals surface area contributed by atoms with Crippen molar-refractivity contribution in [3.8, 4) is 11.5 Å². The first-order valence-electron chi connectivity index (χ1n) is 10.4. The number of rotatable bonds is 7. The van der Waals surface area contributed by atoms with Crippen LogP contribution in [0.2, 0.25) is 0 Å². The molecule has 3 aromatic rings. The van der Waals surface area contributed by atoms with Crippen molar-refractivity contribution in [1.82, 2.24) is 14.9 Å². The van der Waals surface area contributed by atoms with Crippen molar-refractivity contribution in [2.45, 2.75) is 45.1 Å². The molecule has 2 heterocycles. The minimum Gasteiger partial charge on any atom is -0.457 e. The molecule has 1 unspecified atom stereocenters. The maximum Gasteiger partial charge on any atom is 0.271 e. The van der Waals surface area contributed by atoms with Crippen molar-refractivity contribution in [3.05, 3.63) is 77.9 Å². The molecule has 1 aliphatic rings. The van der Waals surface area contributed by atoms with Gasteiger partial charge in [-0.15, -0.1) is 0 Å². The zero-order valence-corrected chi connectivity index (χ0v) is 16.8. The molecule has 0 bridgehead atoms. The first-order chi connectivity index (χ1) is 14.2. The van der Waals surface area contributed by atoms with E-state index in [0.717, 1.165) is 49.6 Å². The number of aryl methyl sites for hydroxylation is 1. The molecule has 1 N–H and O–H groups in total. The van der Waals surface area contributed by atoms with Gasteiger partial charge in [0.2, 0.25) is 0 Å². The van der Waals surface area contributed by atoms with Gasteiger partial charge in [-0.05, 0) is 42.7 Å². The van der Waals surface area contributed by atoms with E-state index in [2.05, 4.69) is 33.9 Å². The summed E-state index contributed by atoms with van der Waals surface area (Å²) >= 11 is 0. The Morgan fingerprint density at radius 3 is 2.66 bits per heavy atom. The Morgan fingerprint density at radius 1 is 1.14 bits per heavy atom. The van der Waals surface area contributed by atoms with Crippen molar-refractivity contribution in [1.29, 1.82) is 0 Å². The second kappa shape index (κ2) is 8.95. The van der Waals surface area contributed by atoms with Gasteiger partial charge < -0.3 is 14.6 Å². The maximum absolute atomic E-state index is 12.3. The molecule has 2 aromatic carbocycles. The first kappa shape index (κ1) is 19.2. The van der Waals surface area contributed by atoms with E-state index in [1.807, 2.05) is 48.7 Å². The van der Waals surface area contributed by atoms with E-state index in [1.54, 1.807) is 0 Å². The number of unbranched alkanes of at least 4 members (excludes halogenated alkanes) is 1. The summed E-state index contributed by atoms with van der Waals surface area (Å²) in [6.07, 6.45) is 5.87. The highest BCUT2D eigenvalue weighted by Gasteiger charge is 2.23. The minimum atomic E-state index is -0.0701. The Labute approximate surface area is 171 Å². The van der Waals surface area contributed by atoms with Gasteiger partial charge in [0.1, 0.15) is 23.0 Å². The number of carbonyl (C=O) groups is 1. The van der Waals surface area contributed by atoms with Gasteiger partial charge in [-0.25, -0.2) is 4.98 Å². The van der Waals surface area contributed by atoms with Crippen LogP contribution >= 0.6 is 0 Å². The standard InChI is InChI=1S/C24H27N3O2/c1-2-3-15-25-24(28)22-17-27-16-19(11-14-23(27)26-22)18-9-12-21(13-10-18)29-20-7-5-4-6-8-20/h4-10,12-13,17,19H,2-3,11,14-16H2,1H3,(H,25,28). The molecular formula is C24H27N3O2. The van der Waals surface area contributed by atoms with Crippen LogP contribution in [0.5, 0.6) is 11.5 Å². The van der Waals surface area contributed by atoms with Gasteiger partial charge in [-0.2, -0.15) is 0 Å². The normalized spacial score (nSPS) is 15.6. The molecule has 1 aromatic heterocycles. The van der Waals surface area contributed by atoms with Gasteiger partial charge >= 0.3 is 0 Å². The molecule has 0 saturated heterocycles. The summed E-state index contributed by atoms with van der Waals surface area (Å²) in [5.41, 5.74) is 1.82. The molecule has 29 heavy (non-hydrogen) atoms. The van der Waals surface area contributed by atoms with Crippen LogP contribution in [0.25, 0.3) is 0 Å². The third-order valence-corrected chi connectivity index (χ3v) is 5.37.